The van der Waals surface area contributed by atoms with E-state index >= 15 is 0 Å². The summed E-state index contributed by atoms with van der Waals surface area (Å²) in [5.41, 5.74) is 2.77. The molecule has 7 nitrogen and oxygen atoms in total. The molecule has 0 aromatic heterocycles. The number of nitrogens with zero attached hydrogens (tertiary/aromatic N) is 3. The molecule has 0 bridgehead atoms. The SMILES string of the molecule is COc1cc2c(cc1OC)CC(=O)N(CC(=O)N1CCN(c3cccc(Cl)c3)CC1)C=C2. The van der Waals surface area contributed by atoms with E-state index in [1.54, 1.807) is 20.4 Å². The Morgan fingerprint density at radius 2 is 1.75 bits per heavy atom. The van der Waals surface area contributed by atoms with Gasteiger partial charge in [-0.05, 0) is 47.5 Å². The van der Waals surface area contributed by atoms with E-state index < -0.39 is 0 Å². The van der Waals surface area contributed by atoms with Gasteiger partial charge in [-0.3, -0.25) is 9.59 Å². The first-order valence-electron chi connectivity index (χ1n) is 10.5. The first-order chi connectivity index (χ1) is 15.5. The molecule has 2 aliphatic heterocycles. The van der Waals surface area contributed by atoms with Crippen molar-refractivity contribution < 1.29 is 19.1 Å². The standard InChI is InChI=1S/C24H26ClN3O4/c1-31-21-12-17-6-7-28(23(29)14-18(17)13-22(21)32-2)16-24(30)27-10-8-26(9-11-27)20-5-3-4-19(25)15-20/h3-7,12-13,15H,8-11,14,16H2,1-2H3. The van der Waals surface area contributed by atoms with Gasteiger partial charge < -0.3 is 24.2 Å². The van der Waals surface area contributed by atoms with Gasteiger partial charge in [0.2, 0.25) is 11.8 Å². The molecule has 4 rings (SSSR count). The molecule has 0 saturated carbocycles. The highest BCUT2D eigenvalue weighted by molar-refractivity contribution is 6.30. The summed E-state index contributed by atoms with van der Waals surface area (Å²) >= 11 is 6.10. The number of methoxy groups -OCH3 is 2. The molecule has 0 unspecified atom stereocenters. The maximum atomic E-state index is 12.9. The predicted molar refractivity (Wildman–Crippen MR) is 124 cm³/mol. The number of piperazine rings is 1. The van der Waals surface area contributed by atoms with Crippen LogP contribution in [0.5, 0.6) is 11.5 Å². The van der Waals surface area contributed by atoms with E-state index in [1.807, 2.05) is 47.4 Å². The summed E-state index contributed by atoms with van der Waals surface area (Å²) in [5, 5.41) is 0.698. The van der Waals surface area contributed by atoms with Crippen molar-refractivity contribution >= 4 is 35.2 Å². The molecule has 0 N–H and O–H groups in total. The Balaban J connectivity index is 1.39. The van der Waals surface area contributed by atoms with Gasteiger partial charge in [-0.1, -0.05) is 17.7 Å². The van der Waals surface area contributed by atoms with Crippen LogP contribution in [-0.2, 0) is 16.0 Å². The third-order valence-corrected chi connectivity index (χ3v) is 6.09. The van der Waals surface area contributed by atoms with Crippen LogP contribution in [0.3, 0.4) is 0 Å². The number of fused-ring (bicyclic) bond motifs is 1. The Hall–Kier alpha value is -3.19. The number of halogens is 1. The van der Waals surface area contributed by atoms with Gasteiger partial charge in [0.05, 0.1) is 20.6 Å². The van der Waals surface area contributed by atoms with Gasteiger partial charge in [0.25, 0.3) is 0 Å². The molecular weight excluding hydrogens is 430 g/mol. The van der Waals surface area contributed by atoms with Crippen LogP contribution in [0.1, 0.15) is 11.1 Å². The lowest BCUT2D eigenvalue weighted by Gasteiger charge is -2.36. The van der Waals surface area contributed by atoms with E-state index in [0.29, 0.717) is 29.6 Å². The van der Waals surface area contributed by atoms with Crippen molar-refractivity contribution in [2.24, 2.45) is 0 Å². The molecule has 2 heterocycles. The second-order valence-electron chi connectivity index (χ2n) is 7.77. The third-order valence-electron chi connectivity index (χ3n) is 5.85. The molecule has 0 radical (unpaired) electrons. The minimum absolute atomic E-state index is 0.0226. The summed E-state index contributed by atoms with van der Waals surface area (Å²) in [6.07, 6.45) is 3.71. The van der Waals surface area contributed by atoms with Gasteiger partial charge in [0.1, 0.15) is 6.54 Å². The van der Waals surface area contributed by atoms with Crippen molar-refractivity contribution in [3.63, 3.8) is 0 Å². The van der Waals surface area contributed by atoms with E-state index in [1.165, 1.54) is 4.90 Å². The lowest BCUT2D eigenvalue weighted by molar-refractivity contribution is -0.138. The molecular formula is C24H26ClN3O4. The molecule has 8 heteroatoms. The van der Waals surface area contributed by atoms with E-state index in [4.69, 9.17) is 21.1 Å². The quantitative estimate of drug-likeness (QED) is 0.693. The zero-order valence-corrected chi connectivity index (χ0v) is 19.0. The zero-order chi connectivity index (χ0) is 22.7. The fourth-order valence-corrected chi connectivity index (χ4v) is 4.22. The average Bonchev–Trinajstić information content (AvgIpc) is 2.96. The highest BCUT2D eigenvalue weighted by Gasteiger charge is 2.26. The van der Waals surface area contributed by atoms with Gasteiger partial charge in [-0.25, -0.2) is 0 Å². The minimum Gasteiger partial charge on any atom is -0.493 e. The maximum absolute atomic E-state index is 12.9. The van der Waals surface area contributed by atoms with Crippen LogP contribution in [0.4, 0.5) is 5.69 Å². The van der Waals surface area contributed by atoms with E-state index in [2.05, 4.69) is 4.90 Å². The molecule has 0 aliphatic carbocycles. The fraction of sp³-hybridized carbons (Fsp3) is 0.333. The van der Waals surface area contributed by atoms with Crippen molar-refractivity contribution in [2.75, 3.05) is 51.8 Å². The summed E-state index contributed by atoms with van der Waals surface area (Å²) < 4.78 is 10.7. The molecule has 2 aromatic carbocycles. The van der Waals surface area contributed by atoms with Gasteiger partial charge in [-0.15, -0.1) is 0 Å². The molecule has 2 amide bonds. The Labute approximate surface area is 192 Å². The van der Waals surface area contributed by atoms with Crippen molar-refractivity contribution in [1.29, 1.82) is 0 Å². The van der Waals surface area contributed by atoms with Crippen LogP contribution in [-0.4, -0.2) is 68.6 Å². The second kappa shape index (κ2) is 9.53. The Kier molecular flexibility index (Phi) is 6.55. The fourth-order valence-electron chi connectivity index (χ4n) is 4.04. The number of benzene rings is 2. The highest BCUT2D eigenvalue weighted by Crippen LogP contribution is 2.32. The number of hydrogen-bond acceptors (Lipinski definition) is 5. The van der Waals surface area contributed by atoms with Crippen LogP contribution >= 0.6 is 11.6 Å². The first kappa shape index (κ1) is 22.0. The number of hydrogen-bond donors (Lipinski definition) is 0. The molecule has 168 valence electrons. The molecule has 1 fully saturated rings. The third kappa shape index (κ3) is 4.67. The van der Waals surface area contributed by atoms with Crippen LogP contribution < -0.4 is 14.4 Å². The van der Waals surface area contributed by atoms with Gasteiger partial charge in [-0.2, -0.15) is 0 Å². The smallest absolute Gasteiger partial charge is 0.242 e. The van der Waals surface area contributed by atoms with Crippen molar-refractivity contribution in [3.05, 3.63) is 58.7 Å². The highest BCUT2D eigenvalue weighted by atomic mass is 35.5. The lowest BCUT2D eigenvalue weighted by atomic mass is 10.0. The number of carbonyl (C=O) groups excluding carboxylic acids is 2. The Morgan fingerprint density at radius 3 is 2.44 bits per heavy atom. The number of ether oxygens (including phenoxy) is 2. The summed E-state index contributed by atoms with van der Waals surface area (Å²) in [6.45, 7) is 2.67. The van der Waals surface area contributed by atoms with E-state index in [9.17, 15) is 9.59 Å². The van der Waals surface area contributed by atoms with Gasteiger partial charge in [0, 0.05) is 43.1 Å². The monoisotopic (exact) mass is 455 g/mol. The molecule has 32 heavy (non-hydrogen) atoms. The second-order valence-corrected chi connectivity index (χ2v) is 8.20. The van der Waals surface area contributed by atoms with Crippen molar-refractivity contribution in [1.82, 2.24) is 9.80 Å². The maximum Gasteiger partial charge on any atom is 0.242 e. The van der Waals surface area contributed by atoms with Crippen molar-refractivity contribution in [2.45, 2.75) is 6.42 Å². The molecule has 2 aromatic rings. The largest absolute Gasteiger partial charge is 0.493 e. The number of carbonyl (C=O) groups is 2. The number of anilines is 1. The van der Waals surface area contributed by atoms with Crippen LogP contribution in [0.2, 0.25) is 5.02 Å². The zero-order valence-electron chi connectivity index (χ0n) is 18.2. The molecule has 1 saturated heterocycles. The number of amides is 2. The molecule has 0 atom stereocenters. The topological polar surface area (TPSA) is 62.3 Å². The molecule has 0 spiro atoms. The van der Waals surface area contributed by atoms with Crippen LogP contribution in [0.15, 0.2) is 42.6 Å². The molecule has 2 aliphatic rings. The van der Waals surface area contributed by atoms with Gasteiger partial charge in [0.15, 0.2) is 11.5 Å². The van der Waals surface area contributed by atoms with Crippen LogP contribution in [0, 0.1) is 0 Å². The van der Waals surface area contributed by atoms with E-state index in [-0.39, 0.29) is 24.8 Å². The summed E-state index contributed by atoms with van der Waals surface area (Å²) in [6, 6.07) is 11.4. The van der Waals surface area contributed by atoms with Gasteiger partial charge >= 0.3 is 0 Å². The first-order valence-corrected chi connectivity index (χ1v) is 10.9. The average molecular weight is 456 g/mol. The van der Waals surface area contributed by atoms with E-state index in [0.717, 1.165) is 29.9 Å². The Bertz CT molecular complexity index is 1050. The number of rotatable bonds is 5. The normalized spacial score (nSPS) is 16.0. The predicted octanol–water partition coefficient (Wildman–Crippen LogP) is 3.06. The van der Waals surface area contributed by atoms with Crippen LogP contribution in [0.25, 0.3) is 6.08 Å². The summed E-state index contributed by atoms with van der Waals surface area (Å²) in [5.74, 6) is 0.994. The lowest BCUT2D eigenvalue weighted by Crippen LogP contribution is -2.51. The minimum atomic E-state index is -0.127. The van der Waals surface area contributed by atoms with Crippen molar-refractivity contribution in [3.8, 4) is 11.5 Å². The summed E-state index contributed by atoms with van der Waals surface area (Å²) in [4.78, 5) is 31.3. The Morgan fingerprint density at radius 1 is 1.03 bits per heavy atom. The summed E-state index contributed by atoms with van der Waals surface area (Å²) in [7, 11) is 3.14.